The largest absolute Gasteiger partial charge is 0.360 e. The molecule has 3 rings (SSSR count). The van der Waals surface area contributed by atoms with Crippen molar-refractivity contribution in [2.45, 2.75) is 26.3 Å². The van der Waals surface area contributed by atoms with Crippen LogP contribution in [0.4, 0.5) is 5.69 Å². The number of benzene rings is 2. The third-order valence-electron chi connectivity index (χ3n) is 5.26. The van der Waals surface area contributed by atoms with Gasteiger partial charge in [0.05, 0.1) is 10.5 Å². The zero-order valence-corrected chi connectivity index (χ0v) is 16.7. The highest BCUT2D eigenvalue weighted by Gasteiger charge is 2.20. The molecule has 1 atom stereocenters. The van der Waals surface area contributed by atoms with Crippen molar-refractivity contribution in [3.8, 4) is 0 Å². The molecule has 1 amide bonds. The lowest BCUT2D eigenvalue weighted by molar-refractivity contribution is -0.384. The van der Waals surface area contributed by atoms with E-state index in [2.05, 4.69) is 41.2 Å². The van der Waals surface area contributed by atoms with Crippen LogP contribution in [-0.4, -0.2) is 46.4 Å². The summed E-state index contributed by atoms with van der Waals surface area (Å²) < 4.78 is 0. The van der Waals surface area contributed by atoms with Gasteiger partial charge in [-0.3, -0.25) is 19.8 Å². The Bertz CT molecular complexity index is 980. The van der Waals surface area contributed by atoms with E-state index in [1.54, 1.807) is 12.3 Å². The smallest absolute Gasteiger partial charge is 0.270 e. The number of nitro groups is 1. The highest BCUT2D eigenvalue weighted by molar-refractivity contribution is 6.07. The molecule has 0 aliphatic rings. The lowest BCUT2D eigenvalue weighted by Crippen LogP contribution is -2.45. The van der Waals surface area contributed by atoms with E-state index in [1.807, 2.05) is 18.2 Å². The van der Waals surface area contributed by atoms with Crippen molar-refractivity contribution in [3.05, 3.63) is 76.0 Å². The number of aromatic nitrogens is 1. The van der Waals surface area contributed by atoms with Crippen molar-refractivity contribution in [2.24, 2.45) is 0 Å². The minimum atomic E-state index is -0.454. The summed E-state index contributed by atoms with van der Waals surface area (Å²) in [6, 6.07) is 14.9. The van der Waals surface area contributed by atoms with Gasteiger partial charge < -0.3 is 10.3 Å². The summed E-state index contributed by atoms with van der Waals surface area (Å²) in [7, 11) is 0. The lowest BCUT2D eigenvalue weighted by atomic mass is 10.0. The van der Waals surface area contributed by atoms with Crippen LogP contribution in [0.2, 0.25) is 0 Å². The number of carbonyl (C=O) groups excluding carboxylic acids is 1. The monoisotopic (exact) mass is 394 g/mol. The summed E-state index contributed by atoms with van der Waals surface area (Å²) in [5, 5.41) is 14.6. The Kier molecular flexibility index (Phi) is 6.61. The summed E-state index contributed by atoms with van der Waals surface area (Å²) in [6.07, 6.45) is 2.44. The number of hydrogen-bond donors (Lipinski definition) is 2. The quantitative estimate of drug-likeness (QED) is 0.427. The first-order chi connectivity index (χ1) is 14.0. The Balaban J connectivity index is 1.76. The standard InChI is InChI=1S/C22H26N4O3/c1-3-25(4-2)18(12-16-8-6-5-7-9-16)14-24-22(27)20-15-23-21-11-10-17(26(28)29)13-19(20)21/h5-11,13,15,18,23H,3-4,12,14H2,1-2H3,(H,24,27). The van der Waals surface area contributed by atoms with Crippen molar-refractivity contribution < 1.29 is 9.72 Å². The van der Waals surface area contributed by atoms with Crippen LogP contribution in [0.25, 0.3) is 10.9 Å². The Labute approximate surface area is 169 Å². The number of fused-ring (bicyclic) bond motifs is 1. The van der Waals surface area contributed by atoms with Gasteiger partial charge in [-0.15, -0.1) is 0 Å². The molecule has 0 aliphatic carbocycles. The van der Waals surface area contributed by atoms with Gasteiger partial charge in [0.15, 0.2) is 0 Å². The van der Waals surface area contributed by atoms with Gasteiger partial charge >= 0.3 is 0 Å². The second-order valence-corrected chi connectivity index (χ2v) is 6.96. The number of likely N-dealkylation sites (N-methyl/N-ethyl adjacent to an activating group) is 1. The number of rotatable bonds is 9. The fourth-order valence-electron chi connectivity index (χ4n) is 3.67. The Morgan fingerprint density at radius 3 is 2.55 bits per heavy atom. The number of aromatic amines is 1. The van der Waals surface area contributed by atoms with Crippen LogP contribution >= 0.6 is 0 Å². The molecule has 7 nitrogen and oxygen atoms in total. The molecule has 0 radical (unpaired) electrons. The average Bonchev–Trinajstić information content (AvgIpc) is 3.16. The van der Waals surface area contributed by atoms with Gasteiger partial charge in [0, 0.05) is 41.8 Å². The van der Waals surface area contributed by atoms with E-state index in [-0.39, 0.29) is 17.6 Å². The van der Waals surface area contributed by atoms with E-state index in [1.165, 1.54) is 17.7 Å². The van der Waals surface area contributed by atoms with Crippen molar-refractivity contribution >= 4 is 22.5 Å². The molecule has 2 aromatic carbocycles. The molecule has 0 saturated carbocycles. The SMILES string of the molecule is CCN(CC)C(CNC(=O)c1c[nH]c2ccc([N+](=O)[O-])cc12)Cc1ccccc1. The first-order valence-corrected chi connectivity index (χ1v) is 9.85. The molecule has 1 aromatic heterocycles. The fourth-order valence-corrected chi connectivity index (χ4v) is 3.67. The number of H-pyrrole nitrogens is 1. The molecule has 0 spiro atoms. The topological polar surface area (TPSA) is 91.3 Å². The highest BCUT2D eigenvalue weighted by atomic mass is 16.6. The summed E-state index contributed by atoms with van der Waals surface area (Å²) in [6.45, 7) is 6.51. The molecule has 0 bridgehead atoms. The predicted molar refractivity (Wildman–Crippen MR) is 114 cm³/mol. The molecule has 2 N–H and O–H groups in total. The first kappa shape index (κ1) is 20.5. The van der Waals surface area contributed by atoms with Crippen LogP contribution in [0, 0.1) is 10.1 Å². The minimum absolute atomic E-state index is 0.0313. The number of nitrogens with zero attached hydrogens (tertiary/aromatic N) is 2. The third kappa shape index (κ3) is 4.81. The zero-order valence-electron chi connectivity index (χ0n) is 16.7. The molecular formula is C22H26N4O3. The highest BCUT2D eigenvalue weighted by Crippen LogP contribution is 2.23. The predicted octanol–water partition coefficient (Wildman–Crippen LogP) is 3.76. The lowest BCUT2D eigenvalue weighted by Gasteiger charge is -2.30. The second kappa shape index (κ2) is 9.34. The van der Waals surface area contributed by atoms with Gasteiger partial charge in [-0.25, -0.2) is 0 Å². The Hall–Kier alpha value is -3.19. The summed E-state index contributed by atoms with van der Waals surface area (Å²) in [5.41, 5.74) is 2.31. The molecule has 1 heterocycles. The van der Waals surface area contributed by atoms with Crippen molar-refractivity contribution in [1.29, 1.82) is 0 Å². The van der Waals surface area contributed by atoms with E-state index in [4.69, 9.17) is 0 Å². The van der Waals surface area contributed by atoms with Crippen LogP contribution in [-0.2, 0) is 6.42 Å². The van der Waals surface area contributed by atoms with Gasteiger partial charge in [-0.2, -0.15) is 0 Å². The van der Waals surface area contributed by atoms with Crippen molar-refractivity contribution in [1.82, 2.24) is 15.2 Å². The van der Waals surface area contributed by atoms with Crippen LogP contribution in [0.15, 0.2) is 54.7 Å². The second-order valence-electron chi connectivity index (χ2n) is 6.96. The van der Waals surface area contributed by atoms with Gasteiger partial charge in [0.1, 0.15) is 0 Å². The maximum absolute atomic E-state index is 12.8. The Morgan fingerprint density at radius 2 is 1.90 bits per heavy atom. The van der Waals surface area contributed by atoms with Crippen molar-refractivity contribution in [2.75, 3.05) is 19.6 Å². The minimum Gasteiger partial charge on any atom is -0.360 e. The normalized spacial score (nSPS) is 12.2. The maximum atomic E-state index is 12.8. The molecule has 0 saturated heterocycles. The summed E-state index contributed by atoms with van der Waals surface area (Å²) in [4.78, 5) is 28.8. The van der Waals surface area contributed by atoms with Crippen LogP contribution in [0.3, 0.4) is 0 Å². The number of amides is 1. The van der Waals surface area contributed by atoms with E-state index in [0.29, 0.717) is 23.0 Å². The number of nitro benzene ring substituents is 1. The van der Waals surface area contributed by atoms with Gasteiger partial charge in [0.2, 0.25) is 0 Å². The summed E-state index contributed by atoms with van der Waals surface area (Å²) in [5.74, 6) is -0.234. The van der Waals surface area contributed by atoms with Crippen LogP contribution in [0.5, 0.6) is 0 Å². The van der Waals surface area contributed by atoms with E-state index in [9.17, 15) is 14.9 Å². The van der Waals surface area contributed by atoms with E-state index >= 15 is 0 Å². The van der Waals surface area contributed by atoms with Crippen LogP contribution < -0.4 is 5.32 Å². The van der Waals surface area contributed by atoms with E-state index < -0.39 is 4.92 Å². The number of carbonyl (C=O) groups is 1. The zero-order chi connectivity index (χ0) is 20.8. The summed E-state index contributed by atoms with van der Waals surface area (Å²) >= 11 is 0. The van der Waals surface area contributed by atoms with Gasteiger partial charge in [-0.05, 0) is 31.1 Å². The van der Waals surface area contributed by atoms with Gasteiger partial charge in [-0.1, -0.05) is 44.2 Å². The van der Waals surface area contributed by atoms with Crippen molar-refractivity contribution in [3.63, 3.8) is 0 Å². The molecule has 3 aromatic rings. The molecular weight excluding hydrogens is 368 g/mol. The molecule has 0 fully saturated rings. The van der Waals surface area contributed by atoms with Crippen LogP contribution in [0.1, 0.15) is 29.8 Å². The molecule has 1 unspecified atom stereocenters. The molecule has 0 aliphatic heterocycles. The molecule has 152 valence electrons. The maximum Gasteiger partial charge on any atom is 0.270 e. The Morgan fingerprint density at radius 1 is 1.17 bits per heavy atom. The third-order valence-corrected chi connectivity index (χ3v) is 5.26. The number of hydrogen-bond acceptors (Lipinski definition) is 4. The molecule has 29 heavy (non-hydrogen) atoms. The number of nitrogens with one attached hydrogen (secondary N) is 2. The van der Waals surface area contributed by atoms with E-state index in [0.717, 1.165) is 19.5 Å². The number of non-ortho nitro benzene ring substituents is 1. The average molecular weight is 394 g/mol. The fraction of sp³-hybridized carbons (Fsp3) is 0.318. The molecule has 7 heteroatoms. The van der Waals surface area contributed by atoms with Gasteiger partial charge in [0.25, 0.3) is 11.6 Å². The first-order valence-electron chi connectivity index (χ1n) is 9.85.